The van der Waals surface area contributed by atoms with Crippen LogP contribution in [0.15, 0.2) is 24.3 Å². The van der Waals surface area contributed by atoms with Crippen molar-refractivity contribution in [2.24, 2.45) is 0 Å². The fourth-order valence-corrected chi connectivity index (χ4v) is 5.23. The molecule has 1 saturated heterocycles. The predicted octanol–water partition coefficient (Wildman–Crippen LogP) is 3.58. The van der Waals surface area contributed by atoms with E-state index in [1.54, 1.807) is 0 Å². The van der Waals surface area contributed by atoms with Crippen LogP contribution in [0.3, 0.4) is 0 Å². The first-order valence-electron chi connectivity index (χ1n) is 6.84. The summed E-state index contributed by atoms with van der Waals surface area (Å²) in [5.41, 5.74) is 1.33. The average Bonchev–Trinajstić information content (AvgIpc) is 2.40. The molecule has 1 aliphatic heterocycles. The van der Waals surface area contributed by atoms with Gasteiger partial charge >= 0.3 is 0 Å². The number of benzene rings is 1. The van der Waals surface area contributed by atoms with Gasteiger partial charge < -0.3 is 10.1 Å². The maximum absolute atomic E-state index is 5.80. The highest BCUT2D eigenvalue weighted by Gasteiger charge is 2.24. The summed E-state index contributed by atoms with van der Waals surface area (Å²) in [7, 11) is 2.06. The Morgan fingerprint density at radius 2 is 2.16 bits per heavy atom. The molecular weight excluding hydrogens is 274 g/mol. The minimum atomic E-state index is 0.225. The van der Waals surface area contributed by atoms with Crippen molar-refractivity contribution in [3.63, 3.8) is 0 Å². The maximum Gasteiger partial charge on any atom is 0.120 e. The highest BCUT2D eigenvalue weighted by atomic mass is 32.2. The Hall–Kier alpha value is -0.320. The van der Waals surface area contributed by atoms with Gasteiger partial charge in [0.1, 0.15) is 5.75 Å². The summed E-state index contributed by atoms with van der Waals surface area (Å²) in [6.45, 7) is 4.13. The number of thioether (sulfide) groups is 2. The Kier molecular flexibility index (Phi) is 5.92. The Bertz CT molecular complexity index is 391. The van der Waals surface area contributed by atoms with Crippen molar-refractivity contribution in [3.8, 4) is 5.75 Å². The lowest BCUT2D eigenvalue weighted by Gasteiger charge is -2.30. The standard InChI is InChI=1S/C15H23NOS2/c1-11(2)17-13-6-4-5-12(9-13)15(16-3)14-10-18-7-8-19-14/h4-6,9,11,14-16H,7-8,10H2,1-3H3. The second kappa shape index (κ2) is 7.46. The van der Waals surface area contributed by atoms with E-state index in [1.807, 2.05) is 6.07 Å². The van der Waals surface area contributed by atoms with Gasteiger partial charge in [-0.05, 0) is 38.6 Å². The molecule has 1 aliphatic rings. The van der Waals surface area contributed by atoms with Crippen LogP contribution in [0, 0.1) is 0 Å². The van der Waals surface area contributed by atoms with E-state index in [0.717, 1.165) is 5.75 Å². The Morgan fingerprint density at radius 3 is 2.79 bits per heavy atom. The van der Waals surface area contributed by atoms with Crippen molar-refractivity contribution in [1.82, 2.24) is 5.32 Å². The van der Waals surface area contributed by atoms with Crippen LogP contribution >= 0.6 is 23.5 Å². The van der Waals surface area contributed by atoms with Crippen LogP contribution in [0.25, 0.3) is 0 Å². The highest BCUT2D eigenvalue weighted by Crippen LogP contribution is 2.34. The van der Waals surface area contributed by atoms with Crippen LogP contribution < -0.4 is 10.1 Å². The molecule has 1 N–H and O–H groups in total. The van der Waals surface area contributed by atoms with E-state index in [4.69, 9.17) is 4.74 Å². The quantitative estimate of drug-likeness (QED) is 0.896. The van der Waals surface area contributed by atoms with E-state index < -0.39 is 0 Å². The summed E-state index contributed by atoms with van der Waals surface area (Å²) in [5.74, 6) is 4.75. The first-order chi connectivity index (χ1) is 9.20. The van der Waals surface area contributed by atoms with Crippen LogP contribution in [-0.2, 0) is 0 Å². The number of hydrogen-bond donors (Lipinski definition) is 1. The third-order valence-corrected chi connectivity index (χ3v) is 5.98. The first-order valence-corrected chi connectivity index (χ1v) is 9.04. The van der Waals surface area contributed by atoms with Gasteiger partial charge in [0.15, 0.2) is 0 Å². The lowest BCUT2D eigenvalue weighted by molar-refractivity contribution is 0.242. The average molecular weight is 297 g/mol. The molecule has 0 radical (unpaired) electrons. The van der Waals surface area contributed by atoms with Gasteiger partial charge in [0.05, 0.1) is 6.10 Å². The molecule has 1 aromatic carbocycles. The molecule has 0 aliphatic carbocycles. The van der Waals surface area contributed by atoms with Crippen molar-refractivity contribution >= 4 is 23.5 Å². The SMILES string of the molecule is CNC(c1cccc(OC(C)C)c1)C1CSCCS1. The van der Waals surface area contributed by atoms with Crippen molar-refractivity contribution in [3.05, 3.63) is 29.8 Å². The van der Waals surface area contributed by atoms with Crippen LogP contribution in [-0.4, -0.2) is 35.7 Å². The normalized spacial score (nSPS) is 21.4. The highest BCUT2D eigenvalue weighted by molar-refractivity contribution is 8.06. The van der Waals surface area contributed by atoms with Gasteiger partial charge in [-0.2, -0.15) is 23.5 Å². The van der Waals surface area contributed by atoms with Crippen molar-refractivity contribution in [1.29, 1.82) is 0 Å². The second-order valence-corrected chi connectivity index (χ2v) is 7.49. The number of hydrogen-bond acceptors (Lipinski definition) is 4. The molecule has 0 saturated carbocycles. The van der Waals surface area contributed by atoms with E-state index in [1.165, 1.54) is 22.8 Å². The Labute approximate surface area is 125 Å². The molecule has 0 bridgehead atoms. The monoisotopic (exact) mass is 297 g/mol. The van der Waals surface area contributed by atoms with Gasteiger partial charge in [0.2, 0.25) is 0 Å². The fourth-order valence-electron chi connectivity index (χ4n) is 2.32. The third-order valence-electron chi connectivity index (χ3n) is 3.11. The zero-order valence-electron chi connectivity index (χ0n) is 11.9. The van der Waals surface area contributed by atoms with E-state index in [9.17, 15) is 0 Å². The molecule has 2 rings (SSSR count). The van der Waals surface area contributed by atoms with E-state index in [0.29, 0.717) is 11.3 Å². The summed E-state index contributed by atoms with van der Waals surface area (Å²) in [4.78, 5) is 0. The van der Waals surface area contributed by atoms with Crippen molar-refractivity contribution in [2.75, 3.05) is 24.3 Å². The van der Waals surface area contributed by atoms with Gasteiger partial charge in [-0.1, -0.05) is 12.1 Å². The molecule has 4 heteroatoms. The summed E-state index contributed by atoms with van der Waals surface area (Å²) in [6.07, 6.45) is 0.225. The molecule has 0 amide bonds. The molecule has 106 valence electrons. The minimum absolute atomic E-state index is 0.225. The molecular formula is C15H23NOS2. The largest absolute Gasteiger partial charge is 0.491 e. The van der Waals surface area contributed by atoms with E-state index in [2.05, 4.69) is 67.9 Å². The molecule has 19 heavy (non-hydrogen) atoms. The summed E-state index contributed by atoms with van der Waals surface area (Å²) < 4.78 is 5.80. The lowest BCUT2D eigenvalue weighted by atomic mass is 10.0. The zero-order valence-corrected chi connectivity index (χ0v) is 13.5. The number of ether oxygens (including phenoxy) is 1. The van der Waals surface area contributed by atoms with E-state index >= 15 is 0 Å². The van der Waals surface area contributed by atoms with Crippen LogP contribution in [0.2, 0.25) is 0 Å². The molecule has 2 unspecified atom stereocenters. The smallest absolute Gasteiger partial charge is 0.120 e. The molecule has 2 nitrogen and oxygen atoms in total. The number of nitrogens with one attached hydrogen (secondary N) is 1. The Balaban J connectivity index is 2.12. The molecule has 1 fully saturated rings. The molecule has 0 aromatic heterocycles. The van der Waals surface area contributed by atoms with Crippen molar-refractivity contribution in [2.45, 2.75) is 31.2 Å². The molecule has 2 atom stereocenters. The number of rotatable bonds is 5. The van der Waals surface area contributed by atoms with Crippen molar-refractivity contribution < 1.29 is 4.74 Å². The summed E-state index contributed by atoms with van der Waals surface area (Å²) >= 11 is 4.15. The maximum atomic E-state index is 5.80. The van der Waals surface area contributed by atoms with Gasteiger partial charge in [0.25, 0.3) is 0 Å². The molecule has 1 aromatic rings. The fraction of sp³-hybridized carbons (Fsp3) is 0.600. The topological polar surface area (TPSA) is 21.3 Å². The van der Waals surface area contributed by atoms with E-state index in [-0.39, 0.29) is 6.10 Å². The van der Waals surface area contributed by atoms with Gasteiger partial charge in [-0.3, -0.25) is 0 Å². The molecule has 0 spiro atoms. The zero-order chi connectivity index (χ0) is 13.7. The Morgan fingerprint density at radius 1 is 1.32 bits per heavy atom. The van der Waals surface area contributed by atoms with Gasteiger partial charge in [-0.15, -0.1) is 0 Å². The molecule has 1 heterocycles. The second-order valence-electron chi connectivity index (χ2n) is 4.99. The summed E-state index contributed by atoms with van der Waals surface area (Å²) in [5, 5.41) is 4.13. The van der Waals surface area contributed by atoms with Crippen LogP contribution in [0.1, 0.15) is 25.5 Å². The first kappa shape index (κ1) is 15.1. The van der Waals surface area contributed by atoms with Crippen LogP contribution in [0.5, 0.6) is 5.75 Å². The minimum Gasteiger partial charge on any atom is -0.491 e. The summed E-state index contributed by atoms with van der Waals surface area (Å²) in [6, 6.07) is 8.93. The van der Waals surface area contributed by atoms with Gasteiger partial charge in [0, 0.05) is 28.6 Å². The van der Waals surface area contributed by atoms with Crippen LogP contribution in [0.4, 0.5) is 0 Å². The predicted molar refractivity (Wildman–Crippen MR) is 87.6 cm³/mol. The third kappa shape index (κ3) is 4.33. The van der Waals surface area contributed by atoms with Gasteiger partial charge in [-0.25, -0.2) is 0 Å². The lowest BCUT2D eigenvalue weighted by Crippen LogP contribution is -2.31.